The first-order valence-electron chi connectivity index (χ1n) is 9.75. The summed E-state index contributed by atoms with van der Waals surface area (Å²) < 4.78 is 26.8. The number of fused-ring (bicyclic) bond motifs is 4. The van der Waals surface area contributed by atoms with Gasteiger partial charge in [0.2, 0.25) is 6.79 Å². The van der Waals surface area contributed by atoms with Crippen LogP contribution in [-0.2, 0) is 6.54 Å². The summed E-state index contributed by atoms with van der Waals surface area (Å²) in [5.41, 5.74) is 5.22. The summed E-state index contributed by atoms with van der Waals surface area (Å²) in [5, 5.41) is 10.5. The fourth-order valence-corrected chi connectivity index (χ4v) is 4.09. The van der Waals surface area contributed by atoms with Gasteiger partial charge in [-0.25, -0.2) is 4.39 Å². The predicted molar refractivity (Wildman–Crippen MR) is 116 cm³/mol. The smallest absolute Gasteiger partial charge is 0.231 e. The van der Waals surface area contributed by atoms with E-state index < -0.39 is 0 Å². The molecule has 0 saturated heterocycles. The number of ether oxygens (including phenoxy) is 2. The molecule has 0 radical (unpaired) electrons. The Morgan fingerprint density at radius 2 is 1.61 bits per heavy atom. The highest BCUT2D eigenvalue weighted by atomic mass is 35.5. The molecule has 0 aliphatic carbocycles. The molecule has 152 valence electrons. The second kappa shape index (κ2) is 6.96. The molecular formula is C24H15ClFN3O2. The SMILES string of the molecule is Fc1ccc(-c2nnc3c4cc5c(cc4n(Cc4ccc(Cl)cc4)cc2-3)OCO5)cc1. The van der Waals surface area contributed by atoms with E-state index in [1.54, 1.807) is 12.1 Å². The molecule has 3 heterocycles. The van der Waals surface area contributed by atoms with Gasteiger partial charge < -0.3 is 14.0 Å². The zero-order valence-corrected chi connectivity index (χ0v) is 16.9. The van der Waals surface area contributed by atoms with Gasteiger partial charge in [-0.15, -0.1) is 10.2 Å². The van der Waals surface area contributed by atoms with Gasteiger partial charge in [-0.05, 0) is 48.0 Å². The molecule has 3 aromatic rings. The van der Waals surface area contributed by atoms with Crippen LogP contribution in [0.2, 0.25) is 5.02 Å². The minimum absolute atomic E-state index is 0.194. The fraction of sp³-hybridized carbons (Fsp3) is 0.0833. The first-order chi connectivity index (χ1) is 15.2. The van der Waals surface area contributed by atoms with Crippen molar-refractivity contribution < 1.29 is 13.9 Å². The molecule has 0 aromatic heterocycles. The Labute approximate surface area is 182 Å². The summed E-state index contributed by atoms with van der Waals surface area (Å²) in [6.45, 7) is 0.816. The van der Waals surface area contributed by atoms with Gasteiger partial charge >= 0.3 is 0 Å². The fourth-order valence-electron chi connectivity index (χ4n) is 3.96. The van der Waals surface area contributed by atoms with Crippen LogP contribution in [0.4, 0.5) is 4.39 Å². The van der Waals surface area contributed by atoms with Crippen molar-refractivity contribution in [3.8, 4) is 34.0 Å². The summed E-state index contributed by atoms with van der Waals surface area (Å²) in [5.74, 6) is 1.10. The summed E-state index contributed by atoms with van der Waals surface area (Å²) in [4.78, 5) is 0. The maximum Gasteiger partial charge on any atom is 0.231 e. The van der Waals surface area contributed by atoms with Gasteiger partial charge in [-0.2, -0.15) is 0 Å². The molecule has 7 heteroatoms. The quantitative estimate of drug-likeness (QED) is 0.363. The molecule has 0 saturated carbocycles. The van der Waals surface area contributed by atoms with Gasteiger partial charge in [0.25, 0.3) is 0 Å². The molecule has 3 aliphatic rings. The summed E-state index contributed by atoms with van der Waals surface area (Å²) in [6.07, 6.45) is 2.03. The molecule has 0 unspecified atom stereocenters. The van der Waals surface area contributed by atoms with E-state index in [4.69, 9.17) is 21.1 Å². The van der Waals surface area contributed by atoms with Crippen molar-refractivity contribution in [1.29, 1.82) is 0 Å². The van der Waals surface area contributed by atoms with Crippen LogP contribution >= 0.6 is 11.6 Å². The summed E-state index contributed by atoms with van der Waals surface area (Å²) in [6, 6.07) is 18.0. The molecule has 3 aromatic carbocycles. The largest absolute Gasteiger partial charge is 0.454 e. The zero-order valence-electron chi connectivity index (χ0n) is 16.2. The van der Waals surface area contributed by atoms with Crippen LogP contribution in [0.25, 0.3) is 33.4 Å². The maximum absolute atomic E-state index is 13.4. The van der Waals surface area contributed by atoms with Crippen molar-refractivity contribution in [3.63, 3.8) is 0 Å². The molecule has 6 rings (SSSR count). The number of benzene rings is 3. The lowest BCUT2D eigenvalue weighted by molar-refractivity contribution is 0.174. The lowest BCUT2D eigenvalue weighted by Crippen LogP contribution is -2.04. The lowest BCUT2D eigenvalue weighted by atomic mass is 10.0. The molecule has 0 amide bonds. The zero-order chi connectivity index (χ0) is 20.9. The number of hydrogen-bond acceptors (Lipinski definition) is 4. The molecule has 0 N–H and O–H groups in total. The standard InChI is InChI=1S/C24H15ClFN3O2/c25-16-5-1-14(2-6-16)11-29-12-19-23(15-3-7-17(26)8-4-15)27-28-24(19)18-9-21-22(10-20(18)29)31-13-30-21/h1-10,12H,11,13H2. The third-order valence-corrected chi connectivity index (χ3v) is 5.74. The van der Waals surface area contributed by atoms with Crippen LogP contribution < -0.4 is 9.47 Å². The number of rotatable bonds is 3. The Kier molecular flexibility index (Phi) is 4.07. The Bertz CT molecular complexity index is 1400. The van der Waals surface area contributed by atoms with Crippen molar-refractivity contribution >= 4 is 22.5 Å². The molecule has 0 atom stereocenters. The molecule has 5 nitrogen and oxygen atoms in total. The number of nitrogens with zero attached hydrogens (tertiary/aromatic N) is 3. The average molecular weight is 432 g/mol. The highest BCUT2D eigenvalue weighted by molar-refractivity contribution is 6.30. The van der Waals surface area contributed by atoms with E-state index in [-0.39, 0.29) is 12.6 Å². The van der Waals surface area contributed by atoms with Crippen molar-refractivity contribution in [2.24, 2.45) is 0 Å². The van der Waals surface area contributed by atoms with E-state index in [0.717, 1.165) is 33.3 Å². The normalized spacial score (nSPS) is 12.7. The number of hydrogen-bond donors (Lipinski definition) is 0. The van der Waals surface area contributed by atoms with Gasteiger partial charge in [-0.1, -0.05) is 23.7 Å². The highest BCUT2D eigenvalue weighted by Crippen LogP contribution is 2.42. The Hall–Kier alpha value is -3.64. The van der Waals surface area contributed by atoms with Crippen LogP contribution in [0, 0.1) is 5.82 Å². The van der Waals surface area contributed by atoms with E-state index in [9.17, 15) is 4.39 Å². The first kappa shape index (κ1) is 18.2. The van der Waals surface area contributed by atoms with Gasteiger partial charge in [0, 0.05) is 40.3 Å². The average Bonchev–Trinajstić information content (AvgIpc) is 3.41. The van der Waals surface area contributed by atoms with Gasteiger partial charge in [0.1, 0.15) is 17.2 Å². The second-order valence-corrected chi connectivity index (χ2v) is 7.86. The maximum atomic E-state index is 13.4. The van der Waals surface area contributed by atoms with E-state index in [1.807, 2.05) is 42.6 Å². The predicted octanol–water partition coefficient (Wildman–Crippen LogP) is 5.77. The minimum Gasteiger partial charge on any atom is -0.454 e. The van der Waals surface area contributed by atoms with Gasteiger partial charge in [0.15, 0.2) is 11.5 Å². The first-order valence-corrected chi connectivity index (χ1v) is 10.1. The Balaban J connectivity index is 1.59. The van der Waals surface area contributed by atoms with E-state index in [1.165, 1.54) is 12.1 Å². The number of halogens is 2. The molecule has 31 heavy (non-hydrogen) atoms. The van der Waals surface area contributed by atoms with E-state index in [2.05, 4.69) is 14.8 Å². The van der Waals surface area contributed by atoms with Crippen molar-refractivity contribution in [1.82, 2.24) is 14.8 Å². The van der Waals surface area contributed by atoms with Crippen molar-refractivity contribution in [2.45, 2.75) is 6.54 Å². The van der Waals surface area contributed by atoms with E-state index >= 15 is 0 Å². The summed E-state index contributed by atoms with van der Waals surface area (Å²) >= 11 is 6.06. The van der Waals surface area contributed by atoms with Crippen LogP contribution in [-0.4, -0.2) is 21.6 Å². The minimum atomic E-state index is -0.288. The third-order valence-electron chi connectivity index (χ3n) is 5.48. The third kappa shape index (κ3) is 3.07. The highest BCUT2D eigenvalue weighted by Gasteiger charge is 2.24. The van der Waals surface area contributed by atoms with Gasteiger partial charge in [0.05, 0.1) is 5.52 Å². The molecule has 0 fully saturated rings. The molecular weight excluding hydrogens is 417 g/mol. The van der Waals surface area contributed by atoms with Crippen molar-refractivity contribution in [3.05, 3.63) is 83.3 Å². The lowest BCUT2D eigenvalue weighted by Gasteiger charge is -2.16. The molecule has 0 spiro atoms. The van der Waals surface area contributed by atoms with Gasteiger partial charge in [-0.3, -0.25) is 0 Å². The Morgan fingerprint density at radius 3 is 2.39 bits per heavy atom. The van der Waals surface area contributed by atoms with Crippen LogP contribution in [0.1, 0.15) is 5.56 Å². The molecule has 0 bridgehead atoms. The van der Waals surface area contributed by atoms with Crippen LogP contribution in [0.3, 0.4) is 0 Å². The number of pyridine rings is 1. The van der Waals surface area contributed by atoms with Crippen LogP contribution in [0.5, 0.6) is 11.5 Å². The van der Waals surface area contributed by atoms with Crippen molar-refractivity contribution in [2.75, 3.05) is 6.79 Å². The summed E-state index contributed by atoms with van der Waals surface area (Å²) in [7, 11) is 0. The van der Waals surface area contributed by atoms with Crippen LogP contribution in [0.15, 0.2) is 66.9 Å². The van der Waals surface area contributed by atoms with E-state index in [0.29, 0.717) is 28.8 Å². The number of aromatic nitrogens is 3. The second-order valence-electron chi connectivity index (χ2n) is 7.42. The Morgan fingerprint density at radius 1 is 0.903 bits per heavy atom. The molecule has 3 aliphatic heterocycles. The monoisotopic (exact) mass is 431 g/mol. The topological polar surface area (TPSA) is 49.2 Å².